The van der Waals surface area contributed by atoms with E-state index in [1.165, 1.54) is 0 Å². The van der Waals surface area contributed by atoms with Gasteiger partial charge in [0.15, 0.2) is 0 Å². The van der Waals surface area contributed by atoms with Crippen LogP contribution in [-0.2, 0) is 10.8 Å². The van der Waals surface area contributed by atoms with Crippen LogP contribution in [-0.4, -0.2) is 29.5 Å². The van der Waals surface area contributed by atoms with E-state index < -0.39 is 0 Å². The van der Waals surface area contributed by atoms with E-state index >= 15 is 0 Å². The number of rotatable bonds is 6. The summed E-state index contributed by atoms with van der Waals surface area (Å²) in [6.45, 7) is 14.3. The van der Waals surface area contributed by atoms with Crippen molar-refractivity contribution in [2.75, 3.05) is 33.3 Å². The van der Waals surface area contributed by atoms with Crippen LogP contribution < -0.4 is 20.3 Å². The van der Waals surface area contributed by atoms with Crippen molar-refractivity contribution in [3.63, 3.8) is 0 Å². The molecule has 2 aromatic carbocycles. The van der Waals surface area contributed by atoms with E-state index in [-0.39, 0.29) is 38.7 Å². The second-order valence-electron chi connectivity index (χ2n) is 10.2. The Kier molecular flexibility index (Phi) is 6.36. The monoisotopic (exact) mass is 478 g/mol. The summed E-state index contributed by atoms with van der Waals surface area (Å²) in [7, 11) is 0. The number of fused-ring (bicyclic) bond motifs is 2. The number of hydrogen-bond acceptors (Lipinski definition) is 8. The molecule has 2 heterocycles. The van der Waals surface area contributed by atoms with E-state index in [0.717, 1.165) is 41.3 Å². The molecule has 8 heteroatoms. The lowest BCUT2D eigenvalue weighted by molar-refractivity contribution is 0.296. The van der Waals surface area contributed by atoms with Gasteiger partial charge in [-0.1, -0.05) is 39.8 Å². The maximum Gasteiger partial charge on any atom is 0.0568 e. The minimum absolute atomic E-state index is 0.0605. The van der Waals surface area contributed by atoms with Crippen molar-refractivity contribution in [2.45, 2.75) is 58.4 Å². The van der Waals surface area contributed by atoms with Crippen molar-refractivity contribution in [1.29, 1.82) is 0 Å². The molecule has 2 aliphatic heterocycles. The fraction of sp³-hybridized carbons (Fsp3) is 0.407. The lowest BCUT2D eigenvalue weighted by Gasteiger charge is -2.32. The number of anilines is 4. The van der Waals surface area contributed by atoms with Gasteiger partial charge in [0.25, 0.3) is 0 Å². The topological polar surface area (TPSA) is 99.5 Å². The summed E-state index contributed by atoms with van der Waals surface area (Å²) in [5, 5.41) is 41.6. The van der Waals surface area contributed by atoms with Crippen molar-refractivity contribution < 1.29 is 10.4 Å². The lowest BCUT2D eigenvalue weighted by Crippen LogP contribution is -2.39. The summed E-state index contributed by atoms with van der Waals surface area (Å²) in [6, 6.07) is 10.6. The first-order valence-electron chi connectivity index (χ1n) is 12.0. The maximum atomic E-state index is 11.5. The quantitative estimate of drug-likeness (QED) is 0.501. The zero-order valence-electron chi connectivity index (χ0n) is 21.2. The zero-order valence-corrected chi connectivity index (χ0v) is 21.2. The fourth-order valence-electron chi connectivity index (χ4n) is 5.69. The Bertz CT molecular complexity index is 1170. The molecule has 1 atom stereocenters. The molecule has 2 N–H and O–H groups in total. The van der Waals surface area contributed by atoms with Crippen molar-refractivity contribution in [2.24, 2.45) is 0 Å². The molecule has 1 unspecified atom stereocenters. The Morgan fingerprint density at radius 3 is 2.00 bits per heavy atom. The third-order valence-corrected chi connectivity index (χ3v) is 7.58. The van der Waals surface area contributed by atoms with Gasteiger partial charge in [0.2, 0.25) is 0 Å². The average molecular weight is 479 g/mol. The van der Waals surface area contributed by atoms with Crippen molar-refractivity contribution >= 4 is 22.7 Å². The largest absolute Gasteiger partial charge is 0.733 e. The van der Waals surface area contributed by atoms with Gasteiger partial charge in [-0.3, -0.25) is 10.4 Å². The Labute approximate surface area is 207 Å². The maximum absolute atomic E-state index is 11.5. The van der Waals surface area contributed by atoms with Gasteiger partial charge in [0.05, 0.1) is 17.4 Å². The molecular weight excluding hydrogens is 444 g/mol. The molecule has 0 spiro atoms. The van der Waals surface area contributed by atoms with E-state index in [2.05, 4.69) is 69.6 Å². The molecule has 2 aromatic rings. The van der Waals surface area contributed by atoms with Gasteiger partial charge < -0.3 is 30.7 Å². The predicted octanol–water partition coefficient (Wildman–Crippen LogP) is 5.82. The zero-order chi connectivity index (χ0) is 25.7. The summed E-state index contributed by atoms with van der Waals surface area (Å²) >= 11 is 0. The van der Waals surface area contributed by atoms with Gasteiger partial charge in [-0.05, 0) is 67.4 Å². The summed E-state index contributed by atoms with van der Waals surface area (Å²) in [5.74, 6) is 0. The lowest BCUT2D eigenvalue weighted by atomic mass is 9.80. The van der Waals surface area contributed by atoms with Gasteiger partial charge in [0.1, 0.15) is 0 Å². The van der Waals surface area contributed by atoms with E-state index in [1.807, 2.05) is 12.1 Å². The predicted molar refractivity (Wildman–Crippen MR) is 141 cm³/mol. The first kappa shape index (κ1) is 25.1. The molecule has 35 heavy (non-hydrogen) atoms. The molecule has 188 valence electrons. The molecule has 0 fully saturated rings. The van der Waals surface area contributed by atoms with Crippen molar-refractivity contribution in [1.82, 2.24) is 0 Å². The Hall–Kier alpha value is -3.04. The molecular formula is C27H34N4O4-2. The molecule has 2 aliphatic rings. The smallest absolute Gasteiger partial charge is 0.0568 e. The van der Waals surface area contributed by atoms with Gasteiger partial charge in [0, 0.05) is 41.0 Å². The average Bonchev–Trinajstić information content (AvgIpc) is 3.16. The number of hydrogen-bond donors (Lipinski definition) is 2. The normalized spacial score (nSPS) is 21.1. The molecule has 0 saturated heterocycles. The first-order chi connectivity index (χ1) is 16.4. The van der Waals surface area contributed by atoms with Crippen LogP contribution in [0.5, 0.6) is 0 Å². The molecule has 0 aliphatic carbocycles. The summed E-state index contributed by atoms with van der Waals surface area (Å²) < 4.78 is 0. The third kappa shape index (κ3) is 3.96. The molecule has 0 aromatic heterocycles. The van der Waals surface area contributed by atoms with Gasteiger partial charge in [-0.2, -0.15) is 0 Å². The minimum atomic E-state index is -0.353. The summed E-state index contributed by atoms with van der Waals surface area (Å²) in [5.41, 5.74) is 5.03. The number of likely N-dealkylation sites (N-methyl/N-ethyl adjacent to an activating group) is 2. The molecule has 0 amide bonds. The van der Waals surface area contributed by atoms with Crippen LogP contribution in [0.2, 0.25) is 0 Å². The molecule has 4 rings (SSSR count). The van der Waals surface area contributed by atoms with Crippen molar-refractivity contribution in [3.05, 3.63) is 81.9 Å². The Morgan fingerprint density at radius 2 is 1.46 bits per heavy atom. The first-order valence-corrected chi connectivity index (χ1v) is 12.0. The number of allylic oxidation sites excluding steroid dienone is 3. The van der Waals surface area contributed by atoms with Crippen LogP contribution >= 0.6 is 0 Å². The van der Waals surface area contributed by atoms with Crippen LogP contribution in [0, 0.1) is 10.4 Å². The fourth-order valence-corrected chi connectivity index (χ4v) is 5.69. The van der Waals surface area contributed by atoms with Crippen LogP contribution in [0.4, 0.5) is 22.7 Å². The number of benzene rings is 2. The molecule has 8 nitrogen and oxygen atoms in total. The second-order valence-corrected chi connectivity index (χ2v) is 10.2. The van der Waals surface area contributed by atoms with E-state index in [0.29, 0.717) is 0 Å². The van der Waals surface area contributed by atoms with E-state index in [9.17, 15) is 20.8 Å². The Morgan fingerprint density at radius 1 is 0.886 bits per heavy atom. The van der Waals surface area contributed by atoms with Crippen LogP contribution in [0.15, 0.2) is 60.3 Å². The van der Waals surface area contributed by atoms with Crippen LogP contribution in [0.1, 0.15) is 52.7 Å². The SMILES string of the molecule is CCN1C(=CC=CC2N(CC)c3ccc(N([O-])O)cc3C2(C)C)C(C)(C)c2cc(N([O-])O)ccc21. The van der Waals surface area contributed by atoms with Crippen LogP contribution in [0.3, 0.4) is 0 Å². The highest BCUT2D eigenvalue weighted by molar-refractivity contribution is 5.74. The molecule has 0 bridgehead atoms. The van der Waals surface area contributed by atoms with Crippen molar-refractivity contribution in [3.8, 4) is 0 Å². The molecule has 0 saturated carbocycles. The summed E-state index contributed by atoms with van der Waals surface area (Å²) in [4.78, 5) is 4.54. The second kappa shape index (κ2) is 8.87. The van der Waals surface area contributed by atoms with Crippen LogP contribution in [0.25, 0.3) is 0 Å². The third-order valence-electron chi connectivity index (χ3n) is 7.58. The Balaban J connectivity index is 1.70. The summed E-state index contributed by atoms with van der Waals surface area (Å²) in [6.07, 6.45) is 6.41. The minimum Gasteiger partial charge on any atom is -0.733 e. The molecule has 0 radical (unpaired) electrons. The number of nitrogens with zero attached hydrogens (tertiary/aromatic N) is 4. The highest BCUT2D eigenvalue weighted by Crippen LogP contribution is 2.49. The van der Waals surface area contributed by atoms with Gasteiger partial charge >= 0.3 is 0 Å². The van der Waals surface area contributed by atoms with Gasteiger partial charge in [-0.15, -0.1) is 0 Å². The van der Waals surface area contributed by atoms with Gasteiger partial charge in [-0.25, -0.2) is 0 Å². The standard InChI is InChI=1S/C27H34N4O4/c1-7-28-22-14-12-18(30(32)33)16-20(22)26(3,4)24(28)10-9-11-25-27(5,6)21-17-19(31(34)35)13-15-23(21)29(25)8-2/h9-17,24,32,34H,7-8H2,1-6H3/q-2. The highest BCUT2D eigenvalue weighted by atomic mass is 16.8. The highest BCUT2D eigenvalue weighted by Gasteiger charge is 2.43. The van der Waals surface area contributed by atoms with E-state index in [1.54, 1.807) is 24.3 Å². The van der Waals surface area contributed by atoms with E-state index in [4.69, 9.17) is 0 Å².